The van der Waals surface area contributed by atoms with Crippen molar-refractivity contribution in [3.8, 4) is 5.75 Å². The molecule has 0 heterocycles. The first kappa shape index (κ1) is 10.9. The molecule has 0 aliphatic heterocycles. The number of ether oxygens (including phenoxy) is 1. The number of thiol groups is 1. The summed E-state index contributed by atoms with van der Waals surface area (Å²) >= 11 is 3.70. The molecule has 4 heteroatoms. The average Bonchev–Trinajstić information content (AvgIpc) is 2.26. The van der Waals surface area contributed by atoms with Gasteiger partial charge in [-0.25, -0.2) is 0 Å². The molecule has 0 aliphatic carbocycles. The Hall–Kier alpha value is -1.16. The van der Waals surface area contributed by atoms with Gasteiger partial charge in [0.25, 0.3) is 5.91 Å². The van der Waals surface area contributed by atoms with E-state index < -0.39 is 6.10 Å². The molecule has 0 radical (unpaired) electrons. The Morgan fingerprint density at radius 2 is 2.14 bits per heavy atom. The number of nitrogens with one attached hydrogen (secondary N) is 1. The van der Waals surface area contributed by atoms with E-state index >= 15 is 0 Å². The molecular formula is C10H13NO2S. The molecule has 14 heavy (non-hydrogen) atoms. The molecule has 1 N–H and O–H groups in total. The normalized spacial score (nSPS) is 11.9. The molecule has 3 nitrogen and oxygen atoms in total. The molecule has 1 atom stereocenters. The van der Waals surface area contributed by atoms with Crippen LogP contribution in [0.25, 0.3) is 0 Å². The van der Waals surface area contributed by atoms with Crippen LogP contribution in [0, 0.1) is 0 Å². The van der Waals surface area contributed by atoms with E-state index in [1.54, 1.807) is 0 Å². The van der Waals surface area contributed by atoms with Crippen molar-refractivity contribution in [2.24, 2.45) is 0 Å². The highest BCUT2D eigenvalue weighted by atomic mass is 32.1. The average molecular weight is 211 g/mol. The highest BCUT2D eigenvalue weighted by Gasteiger charge is 2.16. The first-order chi connectivity index (χ1) is 6.77. The Balaban J connectivity index is 2.62. The van der Waals surface area contributed by atoms with Crippen molar-refractivity contribution in [1.82, 2.24) is 4.72 Å². The fourth-order valence-electron chi connectivity index (χ4n) is 1.06. The van der Waals surface area contributed by atoms with Gasteiger partial charge in [-0.2, -0.15) is 0 Å². The van der Waals surface area contributed by atoms with Crippen LogP contribution >= 0.6 is 12.8 Å². The van der Waals surface area contributed by atoms with Crippen LogP contribution in [0.1, 0.15) is 13.3 Å². The van der Waals surface area contributed by atoms with E-state index in [1.165, 1.54) is 0 Å². The van der Waals surface area contributed by atoms with Crippen molar-refractivity contribution in [1.29, 1.82) is 0 Å². The van der Waals surface area contributed by atoms with Gasteiger partial charge in [-0.15, -0.1) is 0 Å². The Labute approximate surface area is 89.0 Å². The van der Waals surface area contributed by atoms with E-state index in [1.807, 2.05) is 37.3 Å². The van der Waals surface area contributed by atoms with Gasteiger partial charge in [0.2, 0.25) is 0 Å². The summed E-state index contributed by atoms with van der Waals surface area (Å²) < 4.78 is 7.72. The van der Waals surface area contributed by atoms with Gasteiger partial charge < -0.3 is 4.74 Å². The summed E-state index contributed by atoms with van der Waals surface area (Å²) in [6.45, 7) is 1.89. The molecule has 1 amide bonds. The van der Waals surface area contributed by atoms with Crippen LogP contribution in [-0.2, 0) is 4.79 Å². The molecule has 1 aromatic rings. The van der Waals surface area contributed by atoms with Crippen molar-refractivity contribution in [3.05, 3.63) is 30.3 Å². The Morgan fingerprint density at radius 1 is 1.50 bits per heavy atom. The topological polar surface area (TPSA) is 38.3 Å². The van der Waals surface area contributed by atoms with Crippen molar-refractivity contribution < 1.29 is 9.53 Å². The van der Waals surface area contributed by atoms with Gasteiger partial charge in [-0.3, -0.25) is 9.52 Å². The number of hydrogen-bond acceptors (Lipinski definition) is 3. The zero-order valence-corrected chi connectivity index (χ0v) is 8.83. The summed E-state index contributed by atoms with van der Waals surface area (Å²) in [5.41, 5.74) is 0. The number of rotatable bonds is 4. The van der Waals surface area contributed by atoms with E-state index in [-0.39, 0.29) is 5.91 Å². The molecule has 0 saturated heterocycles. The summed E-state index contributed by atoms with van der Waals surface area (Å²) in [7, 11) is 0. The monoisotopic (exact) mass is 211 g/mol. The number of carbonyl (C=O) groups is 1. The van der Waals surface area contributed by atoms with Crippen molar-refractivity contribution in [2.75, 3.05) is 0 Å². The summed E-state index contributed by atoms with van der Waals surface area (Å²) in [5, 5.41) is 0. The summed E-state index contributed by atoms with van der Waals surface area (Å²) in [5.74, 6) is 0.468. The third kappa shape index (κ3) is 2.96. The van der Waals surface area contributed by atoms with Gasteiger partial charge in [0.05, 0.1) is 0 Å². The van der Waals surface area contributed by atoms with Crippen molar-refractivity contribution in [2.45, 2.75) is 19.4 Å². The lowest BCUT2D eigenvalue weighted by atomic mass is 10.2. The van der Waals surface area contributed by atoms with Crippen LogP contribution in [0.15, 0.2) is 30.3 Å². The number of carbonyl (C=O) groups excluding carboxylic acids is 1. The molecule has 0 saturated carbocycles. The summed E-state index contributed by atoms with van der Waals surface area (Å²) in [6.07, 6.45) is 0.135. The fourth-order valence-corrected chi connectivity index (χ4v) is 1.20. The number of para-hydroxylation sites is 1. The molecule has 1 aromatic carbocycles. The van der Waals surface area contributed by atoms with E-state index in [9.17, 15) is 4.79 Å². The van der Waals surface area contributed by atoms with E-state index in [0.717, 1.165) is 0 Å². The van der Waals surface area contributed by atoms with Crippen molar-refractivity contribution >= 4 is 18.7 Å². The molecule has 0 aromatic heterocycles. The van der Waals surface area contributed by atoms with E-state index in [0.29, 0.717) is 12.2 Å². The second-order valence-corrected chi connectivity index (χ2v) is 3.03. The van der Waals surface area contributed by atoms with Gasteiger partial charge in [0, 0.05) is 0 Å². The Morgan fingerprint density at radius 3 is 2.64 bits per heavy atom. The lowest BCUT2D eigenvalue weighted by Gasteiger charge is -2.15. The van der Waals surface area contributed by atoms with Gasteiger partial charge in [-0.1, -0.05) is 37.9 Å². The van der Waals surface area contributed by atoms with Crippen LogP contribution in [0.4, 0.5) is 0 Å². The fraction of sp³-hybridized carbons (Fsp3) is 0.300. The molecule has 0 aliphatic rings. The zero-order valence-electron chi connectivity index (χ0n) is 7.93. The number of hydrogen-bond donors (Lipinski definition) is 2. The highest BCUT2D eigenvalue weighted by molar-refractivity contribution is 7.78. The van der Waals surface area contributed by atoms with Gasteiger partial charge >= 0.3 is 0 Å². The summed E-state index contributed by atoms with van der Waals surface area (Å²) in [6, 6.07) is 9.25. The SMILES string of the molecule is CCC(Oc1ccccc1)C(=O)NS. The smallest absolute Gasteiger partial charge is 0.270 e. The van der Waals surface area contributed by atoms with Gasteiger partial charge in [-0.05, 0) is 18.6 Å². The standard InChI is InChI=1S/C10H13NO2S/c1-2-9(10(12)11-14)13-8-6-4-3-5-7-8/h3-7,9,14H,2H2,1H3,(H,11,12). The predicted octanol–water partition coefficient (Wildman–Crippen LogP) is 1.80. The molecule has 1 rings (SSSR count). The van der Waals surface area contributed by atoms with Crippen LogP contribution < -0.4 is 9.46 Å². The third-order valence-electron chi connectivity index (χ3n) is 1.79. The summed E-state index contributed by atoms with van der Waals surface area (Å²) in [4.78, 5) is 11.2. The lowest BCUT2D eigenvalue weighted by Crippen LogP contribution is -2.33. The largest absolute Gasteiger partial charge is 0.481 e. The molecule has 0 bridgehead atoms. The Bertz CT molecular complexity index is 289. The van der Waals surface area contributed by atoms with Crippen LogP contribution in [0.5, 0.6) is 5.75 Å². The van der Waals surface area contributed by atoms with E-state index in [4.69, 9.17) is 4.74 Å². The highest BCUT2D eigenvalue weighted by Crippen LogP contribution is 2.12. The molecule has 1 unspecified atom stereocenters. The van der Waals surface area contributed by atoms with Crippen molar-refractivity contribution in [3.63, 3.8) is 0 Å². The molecule has 0 spiro atoms. The first-order valence-corrected chi connectivity index (χ1v) is 4.88. The van der Waals surface area contributed by atoms with Crippen LogP contribution in [0.2, 0.25) is 0 Å². The maximum Gasteiger partial charge on any atom is 0.270 e. The third-order valence-corrected chi connectivity index (χ3v) is 2.02. The molecular weight excluding hydrogens is 198 g/mol. The first-order valence-electron chi connectivity index (χ1n) is 4.43. The molecule has 76 valence electrons. The minimum Gasteiger partial charge on any atom is -0.481 e. The predicted molar refractivity (Wildman–Crippen MR) is 58.3 cm³/mol. The minimum atomic E-state index is -0.477. The number of amides is 1. The maximum atomic E-state index is 11.2. The Kier molecular flexibility index (Phi) is 4.32. The lowest BCUT2D eigenvalue weighted by molar-refractivity contribution is -0.126. The van der Waals surface area contributed by atoms with Crippen LogP contribution in [-0.4, -0.2) is 12.0 Å². The quantitative estimate of drug-likeness (QED) is 0.745. The second-order valence-electron chi connectivity index (χ2n) is 2.80. The molecule has 0 fully saturated rings. The minimum absolute atomic E-state index is 0.223. The van der Waals surface area contributed by atoms with E-state index in [2.05, 4.69) is 17.5 Å². The zero-order chi connectivity index (χ0) is 10.4. The van der Waals surface area contributed by atoms with Gasteiger partial charge in [0.15, 0.2) is 6.10 Å². The maximum absolute atomic E-state index is 11.2. The second kappa shape index (κ2) is 5.54. The number of benzene rings is 1. The van der Waals surface area contributed by atoms with Crippen LogP contribution in [0.3, 0.4) is 0 Å². The van der Waals surface area contributed by atoms with Gasteiger partial charge in [0.1, 0.15) is 5.75 Å².